The third-order valence-electron chi connectivity index (χ3n) is 7.11. The second-order valence-corrected chi connectivity index (χ2v) is 9.68. The molecule has 0 saturated heterocycles. The highest BCUT2D eigenvalue weighted by Crippen LogP contribution is 2.43. The summed E-state index contributed by atoms with van der Waals surface area (Å²) >= 11 is 0. The number of fused-ring (bicyclic) bond motifs is 2. The number of aromatic nitrogens is 1. The lowest BCUT2D eigenvalue weighted by Gasteiger charge is -2.19. The van der Waals surface area contributed by atoms with Crippen LogP contribution < -0.4 is 10.6 Å². The Kier molecular flexibility index (Phi) is 10.4. The fourth-order valence-corrected chi connectivity index (χ4v) is 4.97. The fraction of sp³-hybridized carbons (Fsp3) is 0.429. The van der Waals surface area contributed by atoms with Crippen LogP contribution in [0.2, 0.25) is 0 Å². The molecule has 0 saturated carbocycles. The van der Waals surface area contributed by atoms with Gasteiger partial charge in [0.05, 0.1) is 11.1 Å². The van der Waals surface area contributed by atoms with E-state index in [9.17, 15) is 23.6 Å². The Hall–Kier alpha value is -4.07. The molecule has 1 aromatic carbocycles. The summed E-state index contributed by atoms with van der Waals surface area (Å²) in [4.78, 5) is 50.9. The van der Waals surface area contributed by atoms with Crippen LogP contribution in [-0.4, -0.2) is 92.4 Å². The molecule has 2 aromatic rings. The van der Waals surface area contributed by atoms with Crippen molar-refractivity contribution in [2.75, 3.05) is 31.5 Å². The smallest absolute Gasteiger partial charge is 0.335 e. The number of anilines is 1. The Morgan fingerprint density at radius 2 is 1.71 bits per heavy atom. The summed E-state index contributed by atoms with van der Waals surface area (Å²) in [6.45, 7) is 9.40. The van der Waals surface area contributed by atoms with Crippen molar-refractivity contribution >= 4 is 40.6 Å². The number of aliphatic carboxylic acids is 2. The topological polar surface area (TPSA) is 192 Å². The number of carbonyl (C=O) groups is 4. The summed E-state index contributed by atoms with van der Waals surface area (Å²) < 4.78 is 13.9. The second kappa shape index (κ2) is 13.5. The molecule has 2 amide bonds. The standard InChI is InChI=1S/C24H29FN4O2.C4H6O6/c1-4-29(5-2)12-11-26-23(30)20-14(3)27-22-16(20)7-6-8-17(22)21-18-13-15(25)9-10-19(18)28-24(21)31;5-1(3(7)8)2(6)4(9)10/h9-10,13,27H,4-8,11-12H2,1-3H3,(H,26,30)(H,28,31);1-2,5-6H,(H,7,8)(H,9,10)/b21-17-;/t;1-,2-/m.1/s1. The molecule has 0 unspecified atom stereocenters. The average molecular weight is 575 g/mol. The van der Waals surface area contributed by atoms with Gasteiger partial charge in [0.25, 0.3) is 11.8 Å². The number of aliphatic hydroxyl groups is 2. The molecule has 0 spiro atoms. The number of amides is 2. The predicted octanol–water partition coefficient (Wildman–Crippen LogP) is 1.61. The number of aliphatic hydroxyl groups excluding tert-OH is 2. The van der Waals surface area contributed by atoms with Gasteiger partial charge in [-0.3, -0.25) is 9.59 Å². The number of carboxylic acids is 2. The van der Waals surface area contributed by atoms with Gasteiger partial charge in [-0.1, -0.05) is 13.8 Å². The first-order chi connectivity index (χ1) is 19.4. The van der Waals surface area contributed by atoms with Crippen molar-refractivity contribution in [1.82, 2.24) is 15.2 Å². The molecule has 1 aromatic heterocycles. The summed E-state index contributed by atoms with van der Waals surface area (Å²) in [6, 6.07) is 4.34. The van der Waals surface area contributed by atoms with E-state index in [0.29, 0.717) is 35.4 Å². The first kappa shape index (κ1) is 31.5. The number of halogens is 1. The Morgan fingerprint density at radius 3 is 2.29 bits per heavy atom. The van der Waals surface area contributed by atoms with Crippen molar-refractivity contribution in [3.63, 3.8) is 0 Å². The van der Waals surface area contributed by atoms with Gasteiger partial charge in [0.15, 0.2) is 12.2 Å². The predicted molar refractivity (Wildman–Crippen MR) is 148 cm³/mol. The number of carbonyl (C=O) groups excluding carboxylic acids is 2. The molecular weight excluding hydrogens is 539 g/mol. The normalized spacial score (nSPS) is 17.1. The summed E-state index contributed by atoms with van der Waals surface area (Å²) in [5.41, 5.74) is 5.82. The number of likely N-dealkylation sites (N-methyl/N-ethyl adjacent to an activating group) is 1. The lowest BCUT2D eigenvalue weighted by atomic mass is 9.86. The van der Waals surface area contributed by atoms with E-state index in [1.54, 1.807) is 6.07 Å². The second-order valence-electron chi connectivity index (χ2n) is 9.68. The minimum atomic E-state index is -2.27. The van der Waals surface area contributed by atoms with Crippen molar-refractivity contribution in [2.45, 2.75) is 52.2 Å². The molecule has 2 aliphatic rings. The van der Waals surface area contributed by atoms with E-state index in [1.165, 1.54) is 12.1 Å². The number of benzene rings is 1. The summed E-state index contributed by atoms with van der Waals surface area (Å²) in [6.07, 6.45) is -2.22. The van der Waals surface area contributed by atoms with Gasteiger partial charge >= 0.3 is 11.9 Å². The molecule has 12 nitrogen and oxygen atoms in total. The van der Waals surface area contributed by atoms with E-state index >= 15 is 0 Å². The molecule has 0 radical (unpaired) electrons. The maximum absolute atomic E-state index is 13.9. The molecule has 13 heteroatoms. The highest BCUT2D eigenvalue weighted by atomic mass is 19.1. The number of hydrogen-bond donors (Lipinski definition) is 7. The van der Waals surface area contributed by atoms with Gasteiger partial charge in [-0.15, -0.1) is 0 Å². The van der Waals surface area contributed by atoms with Crippen LogP contribution in [0.25, 0.3) is 11.1 Å². The van der Waals surface area contributed by atoms with Crippen LogP contribution in [0.3, 0.4) is 0 Å². The van der Waals surface area contributed by atoms with Crippen LogP contribution in [0.4, 0.5) is 10.1 Å². The number of aryl methyl sites for hydroxylation is 1. The van der Waals surface area contributed by atoms with Crippen LogP contribution in [-0.2, 0) is 20.8 Å². The SMILES string of the molecule is CCN(CC)CCNC(=O)c1c(C)[nH]c2c1CCC/C2=C1/C(=O)Nc2ccc(F)cc21.O=C(O)[C@H](O)[C@@H](O)C(=O)O. The minimum absolute atomic E-state index is 0.0873. The Bertz CT molecular complexity index is 1350. The highest BCUT2D eigenvalue weighted by Gasteiger charge is 2.33. The number of allylic oxidation sites excluding steroid dienone is 1. The molecule has 2 heterocycles. The fourth-order valence-electron chi connectivity index (χ4n) is 4.97. The van der Waals surface area contributed by atoms with E-state index in [2.05, 4.69) is 34.4 Å². The molecule has 1 aliphatic heterocycles. The molecule has 1 aliphatic carbocycles. The zero-order valence-corrected chi connectivity index (χ0v) is 23.1. The quantitative estimate of drug-likeness (QED) is 0.218. The minimum Gasteiger partial charge on any atom is -0.479 e. The van der Waals surface area contributed by atoms with E-state index in [1.807, 2.05) is 6.92 Å². The van der Waals surface area contributed by atoms with Crippen molar-refractivity contribution in [1.29, 1.82) is 0 Å². The first-order valence-corrected chi connectivity index (χ1v) is 13.3. The maximum atomic E-state index is 13.9. The van der Waals surface area contributed by atoms with Gasteiger partial charge in [-0.2, -0.15) is 0 Å². The molecular formula is C28H35FN4O8. The Morgan fingerprint density at radius 1 is 1.07 bits per heavy atom. The van der Waals surface area contributed by atoms with Gasteiger partial charge in [0.2, 0.25) is 0 Å². The number of carboxylic acid groups (broad SMARTS) is 2. The van der Waals surface area contributed by atoms with Crippen LogP contribution in [0.5, 0.6) is 0 Å². The van der Waals surface area contributed by atoms with Crippen LogP contribution in [0, 0.1) is 12.7 Å². The Labute approximate surface area is 235 Å². The largest absolute Gasteiger partial charge is 0.479 e. The van der Waals surface area contributed by atoms with Crippen molar-refractivity contribution in [3.8, 4) is 0 Å². The number of nitrogens with zero attached hydrogens (tertiary/aromatic N) is 1. The zero-order chi connectivity index (χ0) is 30.4. The lowest BCUT2D eigenvalue weighted by Crippen LogP contribution is -2.39. The van der Waals surface area contributed by atoms with Crippen LogP contribution >= 0.6 is 0 Å². The highest BCUT2D eigenvalue weighted by molar-refractivity contribution is 6.37. The molecule has 41 heavy (non-hydrogen) atoms. The van der Waals surface area contributed by atoms with Crippen LogP contribution in [0.1, 0.15) is 59.6 Å². The van der Waals surface area contributed by atoms with Gasteiger partial charge in [0.1, 0.15) is 5.82 Å². The van der Waals surface area contributed by atoms with Crippen LogP contribution in [0.15, 0.2) is 18.2 Å². The van der Waals surface area contributed by atoms with Gasteiger partial charge in [-0.25, -0.2) is 14.0 Å². The van der Waals surface area contributed by atoms with E-state index in [-0.39, 0.29) is 17.6 Å². The summed E-state index contributed by atoms with van der Waals surface area (Å²) in [5.74, 6) is -4.22. The molecule has 7 N–H and O–H groups in total. The molecule has 222 valence electrons. The van der Waals surface area contributed by atoms with Gasteiger partial charge in [0, 0.05) is 35.7 Å². The lowest BCUT2D eigenvalue weighted by molar-refractivity contribution is -0.165. The molecule has 0 bridgehead atoms. The monoisotopic (exact) mass is 574 g/mol. The number of aromatic amines is 1. The van der Waals surface area contributed by atoms with E-state index in [0.717, 1.165) is 55.0 Å². The van der Waals surface area contributed by atoms with E-state index in [4.69, 9.17) is 20.4 Å². The maximum Gasteiger partial charge on any atom is 0.335 e. The van der Waals surface area contributed by atoms with Gasteiger partial charge in [-0.05, 0) is 68.6 Å². The first-order valence-electron chi connectivity index (χ1n) is 13.3. The van der Waals surface area contributed by atoms with Crippen molar-refractivity contribution in [2.24, 2.45) is 0 Å². The zero-order valence-electron chi connectivity index (χ0n) is 23.1. The molecule has 4 rings (SSSR count). The number of nitrogens with one attached hydrogen (secondary N) is 3. The number of H-pyrrole nitrogens is 1. The van der Waals surface area contributed by atoms with Gasteiger partial charge < -0.3 is 40.9 Å². The third-order valence-corrected chi connectivity index (χ3v) is 7.11. The number of rotatable bonds is 9. The van der Waals surface area contributed by atoms with E-state index < -0.39 is 24.1 Å². The van der Waals surface area contributed by atoms with Crippen molar-refractivity contribution in [3.05, 3.63) is 52.1 Å². The third kappa shape index (κ3) is 6.99. The summed E-state index contributed by atoms with van der Waals surface area (Å²) in [7, 11) is 0. The van der Waals surface area contributed by atoms with Crippen molar-refractivity contribution < 1.29 is 44.0 Å². The average Bonchev–Trinajstić information content (AvgIpc) is 3.45. The summed E-state index contributed by atoms with van der Waals surface area (Å²) in [5, 5.41) is 38.4. The molecule has 2 atom stereocenters. The molecule has 0 fully saturated rings. The number of hydrogen-bond acceptors (Lipinski definition) is 7. The Balaban J connectivity index is 0.000000397.